The van der Waals surface area contributed by atoms with Crippen LogP contribution in [0.25, 0.3) is 10.6 Å². The molecule has 29 heavy (non-hydrogen) atoms. The van der Waals surface area contributed by atoms with Gasteiger partial charge in [-0.25, -0.2) is 9.97 Å². The van der Waals surface area contributed by atoms with Crippen LogP contribution >= 0.6 is 23.1 Å². The van der Waals surface area contributed by atoms with Crippen LogP contribution < -0.4 is 10.9 Å². The van der Waals surface area contributed by atoms with Crippen LogP contribution in [-0.4, -0.2) is 31.2 Å². The van der Waals surface area contributed by atoms with Crippen LogP contribution in [0.4, 0.5) is 0 Å². The van der Waals surface area contributed by atoms with Crippen molar-refractivity contribution < 1.29 is 4.79 Å². The van der Waals surface area contributed by atoms with Crippen molar-refractivity contribution in [2.24, 2.45) is 0 Å². The van der Waals surface area contributed by atoms with Crippen LogP contribution in [0.2, 0.25) is 0 Å². The van der Waals surface area contributed by atoms with Crippen molar-refractivity contribution in [1.82, 2.24) is 24.8 Å². The number of aryl methyl sites for hydroxylation is 2. The summed E-state index contributed by atoms with van der Waals surface area (Å²) in [5.41, 5.74) is 3.22. The maximum absolute atomic E-state index is 12.6. The lowest BCUT2D eigenvalue weighted by atomic mass is 10.2. The molecule has 1 atom stereocenters. The molecule has 150 valence electrons. The number of rotatable bonds is 5. The summed E-state index contributed by atoms with van der Waals surface area (Å²) < 4.78 is 1.67. The van der Waals surface area contributed by atoms with E-state index in [1.54, 1.807) is 35.2 Å². The molecule has 0 aromatic carbocycles. The number of thiazole rings is 1. The highest BCUT2D eigenvalue weighted by atomic mass is 32.2. The highest BCUT2D eigenvalue weighted by Crippen LogP contribution is 2.32. The van der Waals surface area contributed by atoms with E-state index in [9.17, 15) is 9.59 Å². The van der Waals surface area contributed by atoms with Gasteiger partial charge in [-0.05, 0) is 32.9 Å². The molecule has 0 bridgehead atoms. The summed E-state index contributed by atoms with van der Waals surface area (Å²) in [6.07, 6.45) is 3.77. The standard InChI is InChI=1S/C20H21N5O2S2/c1-11-12(2)24-20-25(19(11)27)15(10-28-20)7-17(26)22-9-16-13(3)23-18(29-16)14-5-4-6-21-8-14/h4-6,8,15H,7,9-10H2,1-3H3,(H,22,26). The molecule has 1 N–H and O–H groups in total. The molecule has 0 saturated heterocycles. The van der Waals surface area contributed by atoms with Gasteiger partial charge < -0.3 is 5.32 Å². The zero-order valence-electron chi connectivity index (χ0n) is 16.4. The van der Waals surface area contributed by atoms with Crippen molar-refractivity contribution in [2.45, 2.75) is 44.9 Å². The quantitative estimate of drug-likeness (QED) is 0.630. The Labute approximate surface area is 176 Å². The Kier molecular flexibility index (Phi) is 5.51. The monoisotopic (exact) mass is 427 g/mol. The molecular formula is C20H21N5O2S2. The molecule has 0 fully saturated rings. The molecule has 4 rings (SSSR count). The first-order valence-corrected chi connectivity index (χ1v) is 11.1. The van der Waals surface area contributed by atoms with E-state index in [0.29, 0.717) is 23.0 Å². The predicted octanol–water partition coefficient (Wildman–Crippen LogP) is 3.04. The van der Waals surface area contributed by atoms with Gasteiger partial charge in [0.25, 0.3) is 5.56 Å². The zero-order valence-corrected chi connectivity index (χ0v) is 18.1. The lowest BCUT2D eigenvalue weighted by molar-refractivity contribution is -0.121. The third-order valence-electron chi connectivity index (χ3n) is 4.99. The van der Waals surface area contributed by atoms with Crippen LogP contribution in [0.5, 0.6) is 0 Å². The molecule has 3 aromatic rings. The maximum Gasteiger partial charge on any atom is 0.257 e. The number of hydrogen-bond donors (Lipinski definition) is 1. The summed E-state index contributed by atoms with van der Waals surface area (Å²) >= 11 is 3.09. The zero-order chi connectivity index (χ0) is 20.5. The molecular weight excluding hydrogens is 406 g/mol. The van der Waals surface area contributed by atoms with Crippen molar-refractivity contribution in [3.8, 4) is 10.6 Å². The van der Waals surface area contributed by atoms with E-state index >= 15 is 0 Å². The predicted molar refractivity (Wildman–Crippen MR) is 114 cm³/mol. The summed E-state index contributed by atoms with van der Waals surface area (Å²) in [6, 6.07) is 3.69. The molecule has 9 heteroatoms. The van der Waals surface area contributed by atoms with Crippen molar-refractivity contribution in [3.05, 3.63) is 56.7 Å². The summed E-state index contributed by atoms with van der Waals surface area (Å²) in [4.78, 5) is 39.4. The lowest BCUT2D eigenvalue weighted by Gasteiger charge is -2.14. The topological polar surface area (TPSA) is 89.8 Å². The largest absolute Gasteiger partial charge is 0.351 e. The van der Waals surface area contributed by atoms with Crippen LogP contribution in [-0.2, 0) is 11.3 Å². The number of nitrogens with zero attached hydrogens (tertiary/aromatic N) is 4. The Bertz CT molecular complexity index is 1120. The van der Waals surface area contributed by atoms with Crippen LogP contribution in [0, 0.1) is 20.8 Å². The molecule has 1 aliphatic rings. The first-order chi connectivity index (χ1) is 13.9. The second-order valence-corrected chi connectivity index (χ2v) is 9.07. The van der Waals surface area contributed by atoms with Crippen molar-refractivity contribution in [2.75, 3.05) is 5.75 Å². The van der Waals surface area contributed by atoms with E-state index in [-0.39, 0.29) is 23.9 Å². The number of fused-ring (bicyclic) bond motifs is 1. The van der Waals surface area contributed by atoms with Gasteiger partial charge >= 0.3 is 0 Å². The molecule has 0 aliphatic carbocycles. The van der Waals surface area contributed by atoms with Crippen LogP contribution in [0.3, 0.4) is 0 Å². The summed E-state index contributed by atoms with van der Waals surface area (Å²) in [5.74, 6) is 0.604. The molecule has 0 saturated carbocycles. The number of carbonyl (C=O) groups is 1. The second-order valence-electron chi connectivity index (χ2n) is 6.99. The molecule has 0 spiro atoms. The van der Waals surface area contributed by atoms with Crippen molar-refractivity contribution >= 4 is 29.0 Å². The molecule has 1 aliphatic heterocycles. The first kappa shape index (κ1) is 19.8. The smallest absolute Gasteiger partial charge is 0.257 e. The Morgan fingerprint density at radius 3 is 2.86 bits per heavy atom. The van der Waals surface area contributed by atoms with E-state index in [1.165, 1.54) is 11.8 Å². The van der Waals surface area contributed by atoms with E-state index in [4.69, 9.17) is 0 Å². The number of aromatic nitrogens is 4. The van der Waals surface area contributed by atoms with Gasteiger partial charge in [0, 0.05) is 46.3 Å². The molecule has 0 radical (unpaired) electrons. The minimum absolute atomic E-state index is 0.0466. The molecule has 7 nitrogen and oxygen atoms in total. The van der Waals surface area contributed by atoms with Crippen molar-refractivity contribution in [3.63, 3.8) is 0 Å². The van der Waals surface area contributed by atoms with Crippen LogP contribution in [0.15, 0.2) is 34.5 Å². The number of amides is 1. The van der Waals surface area contributed by atoms with Gasteiger partial charge in [-0.15, -0.1) is 11.3 Å². The number of carbonyl (C=O) groups excluding carboxylic acids is 1. The number of hydrogen-bond acceptors (Lipinski definition) is 7. The first-order valence-electron chi connectivity index (χ1n) is 9.30. The SMILES string of the molecule is Cc1nc(-c2cccnc2)sc1CNC(=O)CC1CSc2nc(C)c(C)c(=O)n21. The second kappa shape index (κ2) is 8.08. The third kappa shape index (κ3) is 3.97. The Morgan fingerprint density at radius 2 is 2.10 bits per heavy atom. The van der Waals surface area contributed by atoms with Gasteiger partial charge in [-0.1, -0.05) is 11.8 Å². The minimum atomic E-state index is -0.164. The van der Waals surface area contributed by atoms with Gasteiger partial charge in [-0.2, -0.15) is 0 Å². The normalized spacial score (nSPS) is 15.3. The van der Waals surface area contributed by atoms with E-state index in [2.05, 4.69) is 20.3 Å². The summed E-state index contributed by atoms with van der Waals surface area (Å²) in [5, 5.41) is 4.58. The lowest BCUT2D eigenvalue weighted by Crippen LogP contribution is -2.31. The Hall–Kier alpha value is -2.52. The van der Waals surface area contributed by atoms with E-state index in [0.717, 1.165) is 26.8 Å². The van der Waals surface area contributed by atoms with E-state index in [1.807, 2.05) is 26.0 Å². The summed E-state index contributed by atoms with van der Waals surface area (Å²) in [7, 11) is 0. The van der Waals surface area contributed by atoms with E-state index < -0.39 is 0 Å². The maximum atomic E-state index is 12.6. The van der Waals surface area contributed by atoms with Crippen LogP contribution in [0.1, 0.15) is 34.3 Å². The molecule has 4 heterocycles. The van der Waals surface area contributed by atoms with Crippen molar-refractivity contribution in [1.29, 1.82) is 0 Å². The average Bonchev–Trinajstić information content (AvgIpc) is 3.28. The number of thioether (sulfide) groups is 1. The van der Waals surface area contributed by atoms with Gasteiger partial charge in [0.15, 0.2) is 5.16 Å². The number of pyridine rings is 1. The van der Waals surface area contributed by atoms with Gasteiger partial charge in [0.2, 0.25) is 5.91 Å². The minimum Gasteiger partial charge on any atom is -0.351 e. The molecule has 3 aromatic heterocycles. The fourth-order valence-electron chi connectivity index (χ4n) is 3.19. The Morgan fingerprint density at radius 1 is 1.28 bits per heavy atom. The van der Waals surface area contributed by atoms with Gasteiger partial charge in [0.05, 0.1) is 18.3 Å². The Balaban J connectivity index is 1.42. The van der Waals surface area contributed by atoms with Gasteiger partial charge in [-0.3, -0.25) is 19.1 Å². The summed E-state index contributed by atoms with van der Waals surface area (Å²) in [6.45, 7) is 5.99. The molecule has 1 unspecified atom stereocenters. The fourth-order valence-corrected chi connectivity index (χ4v) is 5.37. The number of nitrogens with one attached hydrogen (secondary N) is 1. The highest BCUT2D eigenvalue weighted by Gasteiger charge is 2.28. The highest BCUT2D eigenvalue weighted by molar-refractivity contribution is 7.99. The third-order valence-corrected chi connectivity index (χ3v) is 7.29. The molecule has 1 amide bonds. The average molecular weight is 428 g/mol. The van der Waals surface area contributed by atoms with Gasteiger partial charge in [0.1, 0.15) is 5.01 Å². The fraction of sp³-hybridized carbons (Fsp3) is 0.350.